The topological polar surface area (TPSA) is 105 Å². The zero-order valence-corrected chi connectivity index (χ0v) is 17.5. The Hall–Kier alpha value is -3.26. The van der Waals surface area contributed by atoms with E-state index in [1.54, 1.807) is 12.1 Å². The van der Waals surface area contributed by atoms with Gasteiger partial charge in [0.05, 0.1) is 4.92 Å². The molecule has 1 aliphatic rings. The third-order valence-electron chi connectivity index (χ3n) is 5.43. The summed E-state index contributed by atoms with van der Waals surface area (Å²) in [5.74, 6) is -0.0875. The zero-order valence-electron chi connectivity index (χ0n) is 17.5. The van der Waals surface area contributed by atoms with Crippen LogP contribution in [0.4, 0.5) is 11.4 Å². The number of amides is 2. The highest BCUT2D eigenvalue weighted by molar-refractivity contribution is 5.91. The Morgan fingerprint density at radius 1 is 1.00 bits per heavy atom. The van der Waals surface area contributed by atoms with E-state index in [1.807, 2.05) is 30.3 Å². The molecular formula is C23H28N4O4. The van der Waals surface area contributed by atoms with Crippen molar-refractivity contribution < 1.29 is 14.5 Å². The first-order valence-electron chi connectivity index (χ1n) is 10.6. The molecule has 31 heavy (non-hydrogen) atoms. The van der Waals surface area contributed by atoms with Crippen molar-refractivity contribution in [1.29, 1.82) is 0 Å². The van der Waals surface area contributed by atoms with Gasteiger partial charge in [0.15, 0.2) is 0 Å². The molecule has 164 valence electrons. The van der Waals surface area contributed by atoms with Crippen LogP contribution in [-0.4, -0.2) is 47.3 Å². The van der Waals surface area contributed by atoms with E-state index in [0.717, 1.165) is 37.9 Å². The number of nitrogens with zero attached hydrogens (tertiary/aromatic N) is 2. The Bertz CT molecular complexity index is 895. The normalized spacial score (nSPS) is 14.7. The highest BCUT2D eigenvalue weighted by Gasteiger charge is 2.21. The minimum Gasteiger partial charge on any atom is -0.353 e. The Balaban J connectivity index is 1.32. The molecule has 0 unspecified atom stereocenters. The van der Waals surface area contributed by atoms with Crippen molar-refractivity contribution in [3.63, 3.8) is 0 Å². The van der Waals surface area contributed by atoms with Crippen LogP contribution in [0, 0.1) is 10.1 Å². The van der Waals surface area contributed by atoms with E-state index in [9.17, 15) is 19.7 Å². The Morgan fingerprint density at radius 2 is 1.74 bits per heavy atom. The zero-order chi connectivity index (χ0) is 22.1. The van der Waals surface area contributed by atoms with Crippen LogP contribution >= 0.6 is 0 Å². The largest absolute Gasteiger partial charge is 0.353 e. The van der Waals surface area contributed by atoms with Gasteiger partial charge in [-0.2, -0.15) is 0 Å². The molecule has 0 atom stereocenters. The fourth-order valence-electron chi connectivity index (χ4n) is 3.68. The van der Waals surface area contributed by atoms with Crippen molar-refractivity contribution >= 4 is 23.2 Å². The number of carbonyl (C=O) groups excluding carboxylic acids is 2. The molecule has 1 saturated heterocycles. The molecule has 2 N–H and O–H groups in total. The van der Waals surface area contributed by atoms with Gasteiger partial charge in [0.1, 0.15) is 0 Å². The van der Waals surface area contributed by atoms with Gasteiger partial charge in [0.25, 0.3) is 5.69 Å². The molecule has 1 aliphatic heterocycles. The first-order chi connectivity index (χ1) is 15.0. The lowest BCUT2D eigenvalue weighted by Crippen LogP contribution is -2.45. The number of anilines is 1. The van der Waals surface area contributed by atoms with E-state index in [1.165, 1.54) is 12.1 Å². The number of nitrogens with one attached hydrogen (secondary N) is 2. The van der Waals surface area contributed by atoms with Crippen LogP contribution in [0.3, 0.4) is 0 Å². The Kier molecular flexibility index (Phi) is 8.12. The maximum absolute atomic E-state index is 12.2. The SMILES string of the molecule is O=C(CCN1CCC(NC(=O)CCc2ccccc2)CC1)Nc1cccc([N+](=O)[O-])c1. The average molecular weight is 425 g/mol. The monoisotopic (exact) mass is 424 g/mol. The second kappa shape index (κ2) is 11.2. The molecule has 0 aliphatic carbocycles. The van der Waals surface area contributed by atoms with Crippen LogP contribution < -0.4 is 10.6 Å². The smallest absolute Gasteiger partial charge is 0.271 e. The number of likely N-dealkylation sites (tertiary alicyclic amines) is 1. The van der Waals surface area contributed by atoms with Crippen molar-refractivity contribution in [2.24, 2.45) is 0 Å². The van der Waals surface area contributed by atoms with Gasteiger partial charge in [-0.25, -0.2) is 0 Å². The van der Waals surface area contributed by atoms with E-state index < -0.39 is 4.92 Å². The highest BCUT2D eigenvalue weighted by Crippen LogP contribution is 2.17. The number of piperidine rings is 1. The van der Waals surface area contributed by atoms with E-state index >= 15 is 0 Å². The van der Waals surface area contributed by atoms with Crippen molar-refractivity contribution in [3.05, 3.63) is 70.3 Å². The minimum absolute atomic E-state index is 0.0503. The lowest BCUT2D eigenvalue weighted by molar-refractivity contribution is -0.384. The number of hydrogen-bond donors (Lipinski definition) is 2. The van der Waals surface area contributed by atoms with E-state index in [4.69, 9.17) is 0 Å². The van der Waals surface area contributed by atoms with Gasteiger partial charge in [-0.05, 0) is 30.9 Å². The summed E-state index contributed by atoms with van der Waals surface area (Å²) in [6, 6.07) is 16.1. The fraction of sp³-hybridized carbons (Fsp3) is 0.391. The van der Waals surface area contributed by atoms with E-state index in [2.05, 4.69) is 15.5 Å². The Labute approximate surface area is 181 Å². The van der Waals surface area contributed by atoms with Gasteiger partial charge in [-0.3, -0.25) is 19.7 Å². The summed E-state index contributed by atoms with van der Waals surface area (Å²) in [5, 5.41) is 16.7. The van der Waals surface area contributed by atoms with Crippen molar-refractivity contribution in [2.45, 2.75) is 38.1 Å². The quantitative estimate of drug-likeness (QED) is 0.475. The predicted molar refractivity (Wildman–Crippen MR) is 119 cm³/mol. The number of benzene rings is 2. The molecule has 0 spiro atoms. The van der Waals surface area contributed by atoms with Gasteiger partial charge in [0, 0.05) is 56.3 Å². The van der Waals surface area contributed by atoms with Gasteiger partial charge >= 0.3 is 0 Å². The van der Waals surface area contributed by atoms with Crippen LogP contribution in [0.15, 0.2) is 54.6 Å². The second-order valence-corrected chi connectivity index (χ2v) is 7.77. The summed E-state index contributed by atoms with van der Waals surface area (Å²) in [4.78, 5) is 36.9. The molecule has 0 saturated carbocycles. The molecule has 0 bridgehead atoms. The van der Waals surface area contributed by atoms with Crippen LogP contribution in [-0.2, 0) is 16.0 Å². The maximum atomic E-state index is 12.2. The predicted octanol–water partition coefficient (Wildman–Crippen LogP) is 3.14. The van der Waals surface area contributed by atoms with Gasteiger partial charge in [0.2, 0.25) is 11.8 Å². The number of non-ortho nitro benzene ring substituents is 1. The number of hydrogen-bond acceptors (Lipinski definition) is 5. The van der Waals surface area contributed by atoms with E-state index in [-0.39, 0.29) is 23.5 Å². The summed E-state index contributed by atoms with van der Waals surface area (Å²) in [6.07, 6.45) is 3.27. The molecule has 0 radical (unpaired) electrons. The molecule has 3 rings (SSSR count). The van der Waals surface area contributed by atoms with Crippen molar-refractivity contribution in [2.75, 3.05) is 25.0 Å². The number of nitro groups is 1. The van der Waals surface area contributed by atoms with Crippen LogP contribution in [0.25, 0.3) is 0 Å². The van der Waals surface area contributed by atoms with Crippen LogP contribution in [0.1, 0.15) is 31.2 Å². The molecule has 0 aromatic heterocycles. The summed E-state index contributed by atoms with van der Waals surface area (Å²) in [7, 11) is 0. The highest BCUT2D eigenvalue weighted by atomic mass is 16.6. The summed E-state index contributed by atoms with van der Waals surface area (Å²) < 4.78 is 0. The first-order valence-corrected chi connectivity index (χ1v) is 10.6. The number of aryl methyl sites for hydroxylation is 1. The molecule has 2 aromatic carbocycles. The van der Waals surface area contributed by atoms with Crippen LogP contribution in [0.5, 0.6) is 0 Å². The maximum Gasteiger partial charge on any atom is 0.271 e. The molecular weight excluding hydrogens is 396 g/mol. The minimum atomic E-state index is -0.486. The average Bonchev–Trinajstić information content (AvgIpc) is 2.78. The molecule has 8 nitrogen and oxygen atoms in total. The van der Waals surface area contributed by atoms with Crippen LogP contribution in [0.2, 0.25) is 0 Å². The van der Waals surface area contributed by atoms with Gasteiger partial charge < -0.3 is 15.5 Å². The number of rotatable bonds is 9. The third-order valence-corrected chi connectivity index (χ3v) is 5.43. The molecule has 8 heteroatoms. The fourth-order valence-corrected chi connectivity index (χ4v) is 3.68. The standard InChI is InChI=1S/C23H28N4O4/c28-22(10-9-18-5-2-1-3-6-18)24-19-11-14-26(15-12-19)16-13-23(29)25-20-7-4-8-21(17-20)27(30)31/h1-8,17,19H,9-16H2,(H,24,28)(H,25,29). The van der Waals surface area contributed by atoms with Gasteiger partial charge in [-0.15, -0.1) is 0 Å². The summed E-state index contributed by atoms with van der Waals surface area (Å²) in [5.41, 5.74) is 1.54. The van der Waals surface area contributed by atoms with Crippen molar-refractivity contribution in [3.8, 4) is 0 Å². The van der Waals surface area contributed by atoms with Gasteiger partial charge in [-0.1, -0.05) is 36.4 Å². The van der Waals surface area contributed by atoms with E-state index in [0.29, 0.717) is 25.1 Å². The lowest BCUT2D eigenvalue weighted by Gasteiger charge is -2.32. The van der Waals surface area contributed by atoms with Crippen molar-refractivity contribution in [1.82, 2.24) is 10.2 Å². The molecule has 1 heterocycles. The number of carbonyl (C=O) groups is 2. The second-order valence-electron chi connectivity index (χ2n) is 7.77. The first kappa shape index (κ1) is 22.4. The molecule has 2 aromatic rings. The Morgan fingerprint density at radius 3 is 2.45 bits per heavy atom. The lowest BCUT2D eigenvalue weighted by atomic mass is 10.0. The summed E-state index contributed by atoms with van der Waals surface area (Å²) >= 11 is 0. The molecule has 2 amide bonds. The number of nitro benzene ring substituents is 1. The summed E-state index contributed by atoms with van der Waals surface area (Å²) in [6.45, 7) is 2.27. The molecule has 1 fully saturated rings. The third kappa shape index (κ3) is 7.49.